The number of anilines is 1. The Kier molecular flexibility index (Phi) is 3.88. The van der Waals surface area contributed by atoms with Crippen LogP contribution in [0.5, 0.6) is 0 Å². The van der Waals surface area contributed by atoms with Crippen LogP contribution in [0.15, 0.2) is 18.2 Å². The van der Waals surface area contributed by atoms with Crippen molar-refractivity contribution >= 4 is 22.9 Å². The first-order valence-electron chi connectivity index (χ1n) is 6.27. The van der Waals surface area contributed by atoms with Crippen molar-refractivity contribution in [1.82, 2.24) is 0 Å². The molecule has 0 bridgehead atoms. The molecule has 3 nitrogen and oxygen atoms in total. The summed E-state index contributed by atoms with van der Waals surface area (Å²) in [5, 5.41) is 3.54. The fourth-order valence-electron chi connectivity index (χ4n) is 2.33. The SMILES string of the molecule is Cc1ccc(NC2(C)CCCOC2)c(C(N)=S)c1. The molecule has 1 aliphatic rings. The zero-order valence-corrected chi connectivity index (χ0v) is 11.8. The molecule has 1 aliphatic heterocycles. The zero-order valence-electron chi connectivity index (χ0n) is 11.0. The highest BCUT2D eigenvalue weighted by atomic mass is 32.1. The van der Waals surface area contributed by atoms with Gasteiger partial charge in [-0.25, -0.2) is 0 Å². The van der Waals surface area contributed by atoms with E-state index >= 15 is 0 Å². The van der Waals surface area contributed by atoms with Crippen molar-refractivity contribution in [3.63, 3.8) is 0 Å². The molecule has 0 aliphatic carbocycles. The standard InChI is InChI=1S/C14H20N2OS/c1-10-4-5-12(11(8-10)13(15)18)16-14(2)6-3-7-17-9-14/h4-5,8,16H,3,6-7,9H2,1-2H3,(H2,15,18). The van der Waals surface area contributed by atoms with E-state index in [1.807, 2.05) is 19.1 Å². The third-order valence-corrected chi connectivity index (χ3v) is 3.53. The van der Waals surface area contributed by atoms with Gasteiger partial charge in [0.25, 0.3) is 0 Å². The van der Waals surface area contributed by atoms with Gasteiger partial charge in [-0.05, 0) is 38.8 Å². The maximum Gasteiger partial charge on any atom is 0.106 e. The summed E-state index contributed by atoms with van der Waals surface area (Å²) in [6.45, 7) is 5.79. The van der Waals surface area contributed by atoms with Gasteiger partial charge in [0.2, 0.25) is 0 Å². The number of ether oxygens (including phenoxy) is 1. The van der Waals surface area contributed by atoms with Crippen LogP contribution in [-0.4, -0.2) is 23.7 Å². The molecule has 0 saturated carbocycles. The first kappa shape index (κ1) is 13.3. The summed E-state index contributed by atoms with van der Waals surface area (Å²) >= 11 is 5.12. The van der Waals surface area contributed by atoms with E-state index in [1.165, 1.54) is 0 Å². The molecule has 1 heterocycles. The number of rotatable bonds is 3. The normalized spacial score (nSPS) is 23.7. The summed E-state index contributed by atoms with van der Waals surface area (Å²) in [4.78, 5) is 0.432. The lowest BCUT2D eigenvalue weighted by Gasteiger charge is -2.36. The third kappa shape index (κ3) is 3.00. The molecule has 0 radical (unpaired) electrons. The average molecular weight is 264 g/mol. The molecule has 1 aromatic carbocycles. The van der Waals surface area contributed by atoms with E-state index in [-0.39, 0.29) is 5.54 Å². The van der Waals surface area contributed by atoms with Crippen LogP contribution in [0.3, 0.4) is 0 Å². The summed E-state index contributed by atoms with van der Waals surface area (Å²) in [6.07, 6.45) is 2.18. The van der Waals surface area contributed by atoms with Crippen LogP contribution < -0.4 is 11.1 Å². The number of nitrogens with one attached hydrogen (secondary N) is 1. The molecular formula is C14H20N2OS. The van der Waals surface area contributed by atoms with Crippen LogP contribution in [0.1, 0.15) is 30.9 Å². The second kappa shape index (κ2) is 5.24. The van der Waals surface area contributed by atoms with Gasteiger partial charge in [0, 0.05) is 17.9 Å². The average Bonchev–Trinajstić information content (AvgIpc) is 2.32. The molecule has 1 atom stereocenters. The van der Waals surface area contributed by atoms with Gasteiger partial charge in [-0.1, -0.05) is 23.8 Å². The van der Waals surface area contributed by atoms with E-state index < -0.39 is 0 Å². The highest BCUT2D eigenvalue weighted by Crippen LogP contribution is 2.26. The summed E-state index contributed by atoms with van der Waals surface area (Å²) in [5.74, 6) is 0. The second-order valence-corrected chi connectivity index (χ2v) is 5.69. The second-order valence-electron chi connectivity index (χ2n) is 5.26. The molecule has 4 heteroatoms. The van der Waals surface area contributed by atoms with Crippen molar-refractivity contribution in [1.29, 1.82) is 0 Å². The van der Waals surface area contributed by atoms with Gasteiger partial charge in [0.15, 0.2) is 0 Å². The molecule has 0 spiro atoms. The summed E-state index contributed by atoms with van der Waals surface area (Å²) in [5.41, 5.74) is 8.83. The lowest BCUT2D eigenvalue weighted by Crippen LogP contribution is -2.43. The highest BCUT2D eigenvalue weighted by molar-refractivity contribution is 7.80. The minimum Gasteiger partial charge on any atom is -0.389 e. The quantitative estimate of drug-likeness (QED) is 0.824. The summed E-state index contributed by atoms with van der Waals surface area (Å²) < 4.78 is 5.55. The largest absolute Gasteiger partial charge is 0.389 e. The first-order valence-corrected chi connectivity index (χ1v) is 6.67. The molecule has 3 N–H and O–H groups in total. The minimum atomic E-state index is -0.0347. The van der Waals surface area contributed by atoms with E-state index in [2.05, 4.69) is 18.3 Å². The fraction of sp³-hybridized carbons (Fsp3) is 0.500. The van der Waals surface area contributed by atoms with Crippen molar-refractivity contribution in [2.24, 2.45) is 5.73 Å². The van der Waals surface area contributed by atoms with Gasteiger partial charge in [-0.2, -0.15) is 0 Å². The van der Waals surface area contributed by atoms with Crippen molar-refractivity contribution < 1.29 is 4.74 Å². The summed E-state index contributed by atoms with van der Waals surface area (Å²) in [6, 6.07) is 6.14. The van der Waals surface area contributed by atoms with Gasteiger partial charge in [-0.15, -0.1) is 0 Å². The van der Waals surface area contributed by atoms with Crippen LogP contribution in [-0.2, 0) is 4.74 Å². The Labute approximate surface area is 114 Å². The predicted molar refractivity (Wildman–Crippen MR) is 79.1 cm³/mol. The van der Waals surface area contributed by atoms with Crippen LogP contribution in [0.25, 0.3) is 0 Å². The van der Waals surface area contributed by atoms with Crippen molar-refractivity contribution in [3.05, 3.63) is 29.3 Å². The Balaban J connectivity index is 2.25. The molecule has 98 valence electrons. The number of hydrogen-bond donors (Lipinski definition) is 2. The van der Waals surface area contributed by atoms with Gasteiger partial charge < -0.3 is 15.8 Å². The van der Waals surface area contributed by atoms with Crippen molar-refractivity contribution in [2.75, 3.05) is 18.5 Å². The van der Waals surface area contributed by atoms with Gasteiger partial charge in [0.05, 0.1) is 12.1 Å². The number of aryl methyl sites for hydroxylation is 1. The topological polar surface area (TPSA) is 47.3 Å². The summed E-state index contributed by atoms with van der Waals surface area (Å²) in [7, 11) is 0. The Morgan fingerprint density at radius 1 is 1.50 bits per heavy atom. The molecule has 0 aromatic heterocycles. The third-order valence-electron chi connectivity index (χ3n) is 3.31. The van der Waals surface area contributed by atoms with Gasteiger partial charge in [0.1, 0.15) is 4.99 Å². The van der Waals surface area contributed by atoms with Crippen molar-refractivity contribution in [2.45, 2.75) is 32.2 Å². The first-order chi connectivity index (χ1) is 8.50. The Bertz CT molecular complexity index is 453. The van der Waals surface area contributed by atoms with E-state index in [1.54, 1.807) is 0 Å². The number of benzene rings is 1. The Morgan fingerprint density at radius 2 is 2.28 bits per heavy atom. The maximum absolute atomic E-state index is 5.79. The van der Waals surface area contributed by atoms with Gasteiger partial charge in [-0.3, -0.25) is 0 Å². The molecule has 1 unspecified atom stereocenters. The monoisotopic (exact) mass is 264 g/mol. The predicted octanol–water partition coefficient (Wildman–Crippen LogP) is 2.61. The number of nitrogens with two attached hydrogens (primary N) is 1. The zero-order chi connectivity index (χ0) is 13.2. The molecule has 2 rings (SSSR count). The van der Waals surface area contributed by atoms with Crippen LogP contribution >= 0.6 is 12.2 Å². The molecule has 1 fully saturated rings. The van der Waals surface area contributed by atoms with E-state index in [4.69, 9.17) is 22.7 Å². The van der Waals surface area contributed by atoms with Gasteiger partial charge >= 0.3 is 0 Å². The maximum atomic E-state index is 5.79. The smallest absolute Gasteiger partial charge is 0.106 e. The van der Waals surface area contributed by atoms with Crippen LogP contribution in [0.2, 0.25) is 0 Å². The van der Waals surface area contributed by atoms with E-state index in [9.17, 15) is 0 Å². The molecule has 1 aromatic rings. The van der Waals surface area contributed by atoms with Crippen LogP contribution in [0.4, 0.5) is 5.69 Å². The minimum absolute atomic E-state index is 0.0347. The number of hydrogen-bond acceptors (Lipinski definition) is 3. The van der Waals surface area contributed by atoms with E-state index in [0.29, 0.717) is 4.99 Å². The van der Waals surface area contributed by atoms with E-state index in [0.717, 1.165) is 42.9 Å². The highest BCUT2D eigenvalue weighted by Gasteiger charge is 2.28. The van der Waals surface area contributed by atoms with Crippen LogP contribution in [0, 0.1) is 6.92 Å². The molecule has 1 saturated heterocycles. The lowest BCUT2D eigenvalue weighted by molar-refractivity contribution is 0.0540. The molecular weight excluding hydrogens is 244 g/mol. The molecule has 0 amide bonds. The Hall–Kier alpha value is -1.13. The fourth-order valence-corrected chi connectivity index (χ4v) is 2.50. The van der Waals surface area contributed by atoms with Crippen molar-refractivity contribution in [3.8, 4) is 0 Å². The number of thiocarbonyl (C=S) groups is 1. The lowest BCUT2D eigenvalue weighted by atomic mass is 9.94. The Morgan fingerprint density at radius 3 is 2.89 bits per heavy atom. The molecule has 18 heavy (non-hydrogen) atoms.